The van der Waals surface area contributed by atoms with Crippen LogP contribution in [0.15, 0.2) is 37.5 Å². The van der Waals surface area contributed by atoms with Gasteiger partial charge in [0.15, 0.2) is 0 Å². The maximum Gasteiger partial charge on any atom is 0.330 e. The smallest absolute Gasteiger partial charge is 0.330 e. The molecule has 0 fully saturated rings. The third-order valence-corrected chi connectivity index (χ3v) is 1.74. The first-order valence-electron chi connectivity index (χ1n) is 6.81. The Morgan fingerprint density at radius 2 is 1.50 bits per heavy atom. The van der Waals surface area contributed by atoms with Gasteiger partial charge in [0.1, 0.15) is 12.7 Å². The number of aliphatic hydroxyl groups excluding tert-OH is 2. The molecule has 8 heteroatoms. The third kappa shape index (κ3) is 24.6. The molecule has 8 nitrogen and oxygen atoms in total. The van der Waals surface area contributed by atoms with Gasteiger partial charge in [0.25, 0.3) is 0 Å². The highest BCUT2D eigenvalue weighted by molar-refractivity contribution is 5.84. The Hall–Kier alpha value is -2.45. The lowest BCUT2D eigenvalue weighted by atomic mass is 10.4. The minimum Gasteiger partial charge on any atom is -0.478 e. The molecule has 0 amide bonds. The Morgan fingerprint density at radius 3 is 1.75 bits per heavy atom. The van der Waals surface area contributed by atoms with Gasteiger partial charge in [0.2, 0.25) is 0 Å². The van der Waals surface area contributed by atoms with Gasteiger partial charge in [-0.05, 0) is 20.8 Å². The maximum absolute atomic E-state index is 10.6. The topological polar surface area (TPSA) is 130 Å². The molecule has 0 saturated heterocycles. The summed E-state index contributed by atoms with van der Waals surface area (Å²) in [6.07, 6.45) is 1.05. The van der Waals surface area contributed by atoms with Crippen LogP contribution in [-0.4, -0.2) is 58.6 Å². The molecule has 0 aromatic carbocycles. The average molecular weight is 346 g/mol. The lowest BCUT2D eigenvalue weighted by Gasteiger charge is -2.10. The molecule has 2 atom stereocenters. The minimum absolute atomic E-state index is 0.0183. The van der Waals surface area contributed by atoms with Crippen LogP contribution in [0, 0.1) is 0 Å². The van der Waals surface area contributed by atoms with Crippen LogP contribution in [0.5, 0.6) is 0 Å². The lowest BCUT2D eigenvalue weighted by molar-refractivity contribution is -0.151. The normalized spacial score (nSPS) is 11.0. The summed E-state index contributed by atoms with van der Waals surface area (Å²) in [6, 6.07) is 0. The van der Waals surface area contributed by atoms with Gasteiger partial charge < -0.3 is 24.8 Å². The van der Waals surface area contributed by atoms with Crippen LogP contribution in [-0.2, 0) is 23.9 Å². The molecular formula is C16H26O8. The summed E-state index contributed by atoms with van der Waals surface area (Å²) in [6.45, 7) is 14.1. The van der Waals surface area contributed by atoms with Crippen molar-refractivity contribution < 1.29 is 39.2 Å². The van der Waals surface area contributed by atoms with Crippen LogP contribution in [0.25, 0.3) is 0 Å². The van der Waals surface area contributed by atoms with Crippen molar-refractivity contribution in [3.8, 4) is 0 Å². The summed E-state index contributed by atoms with van der Waals surface area (Å²) in [5, 5.41) is 23.9. The second kappa shape index (κ2) is 16.9. The summed E-state index contributed by atoms with van der Waals surface area (Å²) in [7, 11) is 0. The molecule has 0 bridgehead atoms. The molecule has 0 heterocycles. The Morgan fingerprint density at radius 1 is 1.12 bits per heavy atom. The van der Waals surface area contributed by atoms with E-state index in [0.29, 0.717) is 0 Å². The molecule has 0 saturated carbocycles. The minimum atomic E-state index is -0.935. The van der Waals surface area contributed by atoms with Gasteiger partial charge >= 0.3 is 17.9 Å². The van der Waals surface area contributed by atoms with Crippen LogP contribution in [0.2, 0.25) is 0 Å². The molecule has 0 aromatic rings. The van der Waals surface area contributed by atoms with Gasteiger partial charge in [-0.3, -0.25) is 0 Å². The van der Waals surface area contributed by atoms with Crippen molar-refractivity contribution in [3.63, 3.8) is 0 Å². The number of hydrogen-bond acceptors (Lipinski definition) is 7. The van der Waals surface area contributed by atoms with Gasteiger partial charge in [0, 0.05) is 17.7 Å². The molecule has 0 aromatic heterocycles. The van der Waals surface area contributed by atoms with Crippen LogP contribution in [0.3, 0.4) is 0 Å². The first-order chi connectivity index (χ1) is 11.0. The molecule has 24 heavy (non-hydrogen) atoms. The van der Waals surface area contributed by atoms with E-state index in [4.69, 9.17) is 20.1 Å². The van der Waals surface area contributed by atoms with Crippen molar-refractivity contribution in [2.45, 2.75) is 33.0 Å². The maximum atomic E-state index is 10.6. The van der Waals surface area contributed by atoms with Gasteiger partial charge in [-0.2, -0.15) is 0 Å². The van der Waals surface area contributed by atoms with Gasteiger partial charge in [-0.25, -0.2) is 14.4 Å². The summed E-state index contributed by atoms with van der Waals surface area (Å²) in [5.74, 6) is -2.02. The van der Waals surface area contributed by atoms with Gasteiger partial charge in [0.05, 0.1) is 12.7 Å². The quantitative estimate of drug-likeness (QED) is 0.456. The zero-order valence-corrected chi connectivity index (χ0v) is 14.2. The van der Waals surface area contributed by atoms with Gasteiger partial charge in [-0.1, -0.05) is 19.7 Å². The van der Waals surface area contributed by atoms with E-state index in [0.717, 1.165) is 12.2 Å². The fraction of sp³-hybridized carbons (Fsp3) is 0.438. The van der Waals surface area contributed by atoms with E-state index in [2.05, 4.69) is 24.5 Å². The highest BCUT2D eigenvalue weighted by atomic mass is 16.6. The van der Waals surface area contributed by atoms with E-state index >= 15 is 0 Å². The number of carbonyl (C=O) groups is 3. The predicted octanol–water partition coefficient (Wildman–Crippen LogP) is 0.840. The van der Waals surface area contributed by atoms with E-state index in [1.165, 1.54) is 13.8 Å². The Bertz CT molecular complexity index is 414. The Balaban J connectivity index is -0.000000332. The van der Waals surface area contributed by atoms with E-state index < -0.39 is 30.1 Å². The number of ether oxygens (including phenoxy) is 2. The molecule has 0 aliphatic heterocycles. The number of esters is 2. The summed E-state index contributed by atoms with van der Waals surface area (Å²) in [4.78, 5) is 30.8. The van der Waals surface area contributed by atoms with Crippen LogP contribution in [0.4, 0.5) is 0 Å². The van der Waals surface area contributed by atoms with Crippen molar-refractivity contribution in [1.82, 2.24) is 0 Å². The Labute approximate surface area is 141 Å². The number of aliphatic carboxylic acids is 1. The molecule has 0 radical (unpaired) electrons. The van der Waals surface area contributed by atoms with Crippen LogP contribution < -0.4 is 0 Å². The van der Waals surface area contributed by atoms with Crippen molar-refractivity contribution in [3.05, 3.63) is 37.5 Å². The molecule has 0 spiro atoms. The number of carboxylic acid groups (broad SMARTS) is 1. The van der Waals surface area contributed by atoms with E-state index in [9.17, 15) is 14.4 Å². The van der Waals surface area contributed by atoms with E-state index in [1.54, 1.807) is 6.92 Å². The number of rotatable bonds is 7. The first-order valence-corrected chi connectivity index (χ1v) is 6.81. The first kappa shape index (κ1) is 26.4. The monoisotopic (exact) mass is 346 g/mol. The summed E-state index contributed by atoms with van der Waals surface area (Å²) < 4.78 is 9.36. The standard InChI is InChI=1S/C9H12O4.C4H6O2.C3H8O2/c1-4-8(10)12-6-7(3)13-9(11)5-2;1-3(2)4(5)6;1-3(5)2-4/h4-5,7H,1-2,6H2,3H3;1H2,2H3,(H,5,6);3-5H,2H2,1H3. The highest BCUT2D eigenvalue weighted by Gasteiger charge is 2.07. The lowest BCUT2D eigenvalue weighted by Crippen LogP contribution is -2.20. The average Bonchev–Trinajstić information content (AvgIpc) is 2.53. The van der Waals surface area contributed by atoms with Crippen LogP contribution >= 0.6 is 0 Å². The van der Waals surface area contributed by atoms with E-state index in [-0.39, 0.29) is 18.8 Å². The van der Waals surface area contributed by atoms with Crippen molar-refractivity contribution in [2.75, 3.05) is 13.2 Å². The largest absolute Gasteiger partial charge is 0.478 e. The number of aliphatic hydroxyl groups is 2. The molecule has 0 aliphatic rings. The molecule has 138 valence electrons. The zero-order valence-electron chi connectivity index (χ0n) is 14.2. The van der Waals surface area contributed by atoms with Crippen molar-refractivity contribution in [1.29, 1.82) is 0 Å². The predicted molar refractivity (Wildman–Crippen MR) is 88.1 cm³/mol. The molecule has 0 aliphatic carbocycles. The fourth-order valence-corrected chi connectivity index (χ4v) is 0.539. The van der Waals surface area contributed by atoms with Gasteiger partial charge in [-0.15, -0.1) is 0 Å². The number of carbonyl (C=O) groups excluding carboxylic acids is 2. The highest BCUT2D eigenvalue weighted by Crippen LogP contribution is 1.94. The summed E-state index contributed by atoms with van der Waals surface area (Å²) >= 11 is 0. The third-order valence-electron chi connectivity index (χ3n) is 1.74. The Kier molecular flexibility index (Phi) is 18.6. The second-order valence-corrected chi connectivity index (χ2v) is 4.40. The molecule has 0 rings (SSSR count). The molecular weight excluding hydrogens is 320 g/mol. The summed E-state index contributed by atoms with van der Waals surface area (Å²) in [5.41, 5.74) is 0.176. The number of carboxylic acids is 1. The zero-order chi connectivity index (χ0) is 19.7. The van der Waals surface area contributed by atoms with Crippen molar-refractivity contribution >= 4 is 17.9 Å². The number of hydrogen-bond donors (Lipinski definition) is 3. The second-order valence-electron chi connectivity index (χ2n) is 4.40. The van der Waals surface area contributed by atoms with Crippen molar-refractivity contribution in [2.24, 2.45) is 0 Å². The fourth-order valence-electron chi connectivity index (χ4n) is 0.539. The molecule has 2 unspecified atom stereocenters. The van der Waals surface area contributed by atoms with E-state index in [1.807, 2.05) is 0 Å². The SMILES string of the molecule is C=C(C)C(=O)O.C=CC(=O)OCC(C)OC(=O)C=C.CC(O)CO. The molecule has 3 N–H and O–H groups in total. The van der Waals surface area contributed by atoms with Crippen LogP contribution in [0.1, 0.15) is 20.8 Å².